The van der Waals surface area contributed by atoms with Crippen LogP contribution in [0.25, 0.3) is 0 Å². The summed E-state index contributed by atoms with van der Waals surface area (Å²) in [5, 5.41) is 3.60. The molecule has 7 saturated carbocycles. The van der Waals surface area contributed by atoms with Gasteiger partial charge in [0.25, 0.3) is 0 Å². The molecule has 2 amide bonds. The Balaban J connectivity index is 0.950. The van der Waals surface area contributed by atoms with Crippen molar-refractivity contribution in [2.24, 2.45) is 33.0 Å². The van der Waals surface area contributed by atoms with Crippen molar-refractivity contribution in [2.75, 3.05) is 6.54 Å². The van der Waals surface area contributed by atoms with E-state index in [9.17, 15) is 9.59 Å². The van der Waals surface area contributed by atoms with Crippen molar-refractivity contribution in [3.8, 4) is 0 Å². The number of carbonyl (C=O) groups excluding carboxylic acids is 2. The Morgan fingerprint density at radius 2 is 1.52 bits per heavy atom. The van der Waals surface area contributed by atoms with Gasteiger partial charge < -0.3 is 10.2 Å². The number of nitrogens with zero attached hydrogens (tertiary/aromatic N) is 1. The van der Waals surface area contributed by atoms with Crippen molar-refractivity contribution >= 4 is 11.8 Å². The summed E-state index contributed by atoms with van der Waals surface area (Å²) in [4.78, 5) is 31.0. The quantitative estimate of drug-likeness (QED) is 0.331. The van der Waals surface area contributed by atoms with Gasteiger partial charge in [-0.3, -0.25) is 9.59 Å². The van der Waals surface area contributed by atoms with E-state index in [4.69, 9.17) is 0 Å². The van der Waals surface area contributed by atoms with E-state index in [0.29, 0.717) is 34.0 Å². The molecule has 0 bridgehead atoms. The minimum absolute atomic E-state index is 0.00726. The Morgan fingerprint density at radius 1 is 0.875 bits per heavy atom. The molecular weight excluding hydrogens is 492 g/mol. The van der Waals surface area contributed by atoms with Crippen LogP contribution in [0.4, 0.5) is 0 Å². The first kappa shape index (κ1) is 24.7. The third-order valence-electron chi connectivity index (χ3n) is 15.2. The molecule has 40 heavy (non-hydrogen) atoms. The molecule has 8 aliphatic rings. The summed E-state index contributed by atoms with van der Waals surface area (Å²) in [6.45, 7) is 5.58. The predicted octanol–water partition coefficient (Wildman–Crippen LogP) is 6.92. The number of fused-ring (bicyclic) bond motifs is 1. The number of benzene rings is 1. The highest BCUT2D eigenvalue weighted by molar-refractivity contribution is 5.89. The molecule has 9 rings (SSSR count). The molecule has 214 valence electrons. The first-order chi connectivity index (χ1) is 19.3. The normalized spacial score (nSPS) is 36.5. The SMILES string of the molecule is CCC1(C2(C3(CC(=O)N4CC[C@H]5CC54C4(C5(C(=O)N[C@H](C)C6(c7ccccc7)CC6)CC5)CC4)CC3)CC2)CC1. The minimum Gasteiger partial charge on any atom is -0.352 e. The molecule has 1 aliphatic heterocycles. The maximum Gasteiger partial charge on any atom is 0.227 e. The van der Waals surface area contributed by atoms with Crippen molar-refractivity contribution in [2.45, 2.75) is 134 Å². The van der Waals surface area contributed by atoms with E-state index in [1.54, 1.807) is 0 Å². The highest BCUT2D eigenvalue weighted by atomic mass is 16.2. The summed E-state index contributed by atoms with van der Waals surface area (Å²) in [5.41, 5.74) is 2.64. The zero-order valence-corrected chi connectivity index (χ0v) is 24.8. The van der Waals surface area contributed by atoms with E-state index in [2.05, 4.69) is 54.4 Å². The Labute approximate surface area is 240 Å². The highest BCUT2D eigenvalue weighted by Crippen LogP contribution is 2.86. The molecular formula is C36H48N2O2. The van der Waals surface area contributed by atoms with Crippen molar-refractivity contribution in [1.82, 2.24) is 10.2 Å². The van der Waals surface area contributed by atoms with Crippen molar-refractivity contribution in [3.05, 3.63) is 35.9 Å². The van der Waals surface area contributed by atoms with Crippen LogP contribution >= 0.6 is 0 Å². The molecule has 0 radical (unpaired) electrons. The van der Waals surface area contributed by atoms with Crippen LogP contribution in [0, 0.1) is 33.0 Å². The fourth-order valence-electron chi connectivity index (χ4n) is 11.9. The van der Waals surface area contributed by atoms with Gasteiger partial charge in [-0.2, -0.15) is 0 Å². The summed E-state index contributed by atoms with van der Waals surface area (Å²) in [6.07, 6.45) is 19.2. The predicted molar refractivity (Wildman–Crippen MR) is 155 cm³/mol. The smallest absolute Gasteiger partial charge is 0.227 e. The first-order valence-electron chi connectivity index (χ1n) is 17.0. The van der Waals surface area contributed by atoms with Gasteiger partial charge in [-0.15, -0.1) is 0 Å². The maximum atomic E-state index is 14.3. The van der Waals surface area contributed by atoms with Crippen LogP contribution in [0.5, 0.6) is 0 Å². The van der Waals surface area contributed by atoms with Gasteiger partial charge in [-0.1, -0.05) is 37.3 Å². The summed E-state index contributed by atoms with van der Waals surface area (Å²) in [7, 11) is 0. The van der Waals surface area contributed by atoms with E-state index in [1.165, 1.54) is 50.5 Å². The van der Waals surface area contributed by atoms with Gasteiger partial charge in [0.2, 0.25) is 11.8 Å². The molecule has 0 aromatic heterocycles. The molecule has 1 saturated heterocycles. The third-order valence-corrected chi connectivity index (χ3v) is 15.2. The molecule has 1 heterocycles. The lowest BCUT2D eigenvalue weighted by Gasteiger charge is -2.42. The van der Waals surface area contributed by atoms with E-state index >= 15 is 0 Å². The van der Waals surface area contributed by atoms with Crippen molar-refractivity contribution in [3.63, 3.8) is 0 Å². The van der Waals surface area contributed by atoms with E-state index < -0.39 is 0 Å². The Morgan fingerprint density at radius 3 is 2.02 bits per heavy atom. The lowest BCUT2D eigenvalue weighted by molar-refractivity contribution is -0.142. The third kappa shape index (κ3) is 2.81. The lowest BCUT2D eigenvalue weighted by Crippen LogP contribution is -2.54. The molecule has 0 spiro atoms. The Bertz CT molecular complexity index is 1270. The zero-order valence-electron chi connectivity index (χ0n) is 24.8. The molecule has 8 fully saturated rings. The molecule has 7 aliphatic carbocycles. The van der Waals surface area contributed by atoms with Gasteiger partial charge in [0.1, 0.15) is 0 Å². The molecule has 4 heteroatoms. The number of amides is 2. The van der Waals surface area contributed by atoms with E-state index in [-0.39, 0.29) is 27.8 Å². The van der Waals surface area contributed by atoms with Crippen LogP contribution in [-0.2, 0) is 15.0 Å². The van der Waals surface area contributed by atoms with Crippen LogP contribution in [0.1, 0.15) is 122 Å². The Kier molecular flexibility index (Phi) is 4.56. The highest BCUT2D eigenvalue weighted by Gasteiger charge is 2.86. The number of piperidine rings is 1. The second-order valence-corrected chi connectivity index (χ2v) is 16.2. The number of hydrogen-bond donors (Lipinski definition) is 1. The van der Waals surface area contributed by atoms with Gasteiger partial charge in [0, 0.05) is 29.8 Å². The summed E-state index contributed by atoms with van der Waals surface area (Å²) < 4.78 is 0. The lowest BCUT2D eigenvalue weighted by atomic mass is 9.69. The van der Waals surface area contributed by atoms with Gasteiger partial charge in [-0.25, -0.2) is 0 Å². The summed E-state index contributed by atoms with van der Waals surface area (Å²) >= 11 is 0. The molecule has 3 atom stereocenters. The zero-order chi connectivity index (χ0) is 27.2. The number of rotatable bonds is 11. The van der Waals surface area contributed by atoms with Crippen LogP contribution in [0.15, 0.2) is 30.3 Å². The first-order valence-corrected chi connectivity index (χ1v) is 17.0. The van der Waals surface area contributed by atoms with Gasteiger partial charge in [0.15, 0.2) is 0 Å². The van der Waals surface area contributed by atoms with Crippen molar-refractivity contribution < 1.29 is 9.59 Å². The average molecular weight is 541 g/mol. The summed E-state index contributed by atoms with van der Waals surface area (Å²) in [6, 6.07) is 11.0. The van der Waals surface area contributed by atoms with Crippen molar-refractivity contribution in [1.29, 1.82) is 0 Å². The maximum absolute atomic E-state index is 14.3. The number of hydrogen-bond acceptors (Lipinski definition) is 2. The Hall–Kier alpha value is -1.84. The van der Waals surface area contributed by atoms with Gasteiger partial charge in [-0.05, 0) is 131 Å². The number of carbonyl (C=O) groups is 2. The second-order valence-electron chi connectivity index (χ2n) is 16.2. The van der Waals surface area contributed by atoms with E-state index in [0.717, 1.165) is 64.3 Å². The second kappa shape index (κ2) is 7.38. The fourth-order valence-corrected chi connectivity index (χ4v) is 11.9. The number of likely N-dealkylation sites (tertiary alicyclic amines) is 1. The van der Waals surface area contributed by atoms with Gasteiger partial charge >= 0.3 is 0 Å². The molecule has 1 aromatic carbocycles. The minimum atomic E-state index is -0.235. The van der Waals surface area contributed by atoms with Crippen LogP contribution in [0.3, 0.4) is 0 Å². The molecule has 1 N–H and O–H groups in total. The number of nitrogens with one attached hydrogen (secondary N) is 1. The van der Waals surface area contributed by atoms with E-state index in [1.807, 2.05) is 0 Å². The summed E-state index contributed by atoms with van der Waals surface area (Å²) in [5.74, 6) is 1.41. The van der Waals surface area contributed by atoms with Crippen LogP contribution in [0.2, 0.25) is 0 Å². The fraction of sp³-hybridized carbons (Fsp3) is 0.778. The van der Waals surface area contributed by atoms with Gasteiger partial charge in [0.05, 0.1) is 11.0 Å². The average Bonchev–Trinajstić information content (AvgIpc) is 3.78. The molecule has 1 unspecified atom stereocenters. The standard InChI is InChI=1S/C36H48N2O2/c1-3-30(10-11-30)34(18-19-34)31(12-13-31)24-28(39)38-22-9-27-23-36(27,38)35(20-21-35)33(16-17-33)29(40)37-25(2)32(14-15-32)26-7-5-4-6-8-26/h4-8,25,27H,3,9-24H2,1-2H3,(H,37,40)/t25-,27+,36?/m1/s1. The van der Waals surface area contributed by atoms with Crippen LogP contribution in [-0.4, -0.2) is 34.8 Å². The van der Waals surface area contributed by atoms with Crippen LogP contribution < -0.4 is 5.32 Å². The largest absolute Gasteiger partial charge is 0.352 e. The molecule has 4 nitrogen and oxygen atoms in total. The molecule has 1 aromatic rings. The monoisotopic (exact) mass is 540 g/mol. The topological polar surface area (TPSA) is 49.4 Å².